The van der Waals surface area contributed by atoms with Crippen LogP contribution in [-0.2, 0) is 6.54 Å². The number of nitrogens with one attached hydrogen (secondary N) is 1. The summed E-state index contributed by atoms with van der Waals surface area (Å²) in [5.41, 5.74) is 1.33. The number of amides is 3. The molecule has 1 aliphatic heterocycles. The van der Waals surface area contributed by atoms with E-state index >= 15 is 0 Å². The molecule has 1 N–H and O–H groups in total. The summed E-state index contributed by atoms with van der Waals surface area (Å²) in [5, 5.41) is 2.68. The molecular formula is C25H21F4N3O3. The normalized spacial score (nSPS) is 14.1. The van der Waals surface area contributed by atoms with Crippen LogP contribution < -0.4 is 15.0 Å². The molecule has 0 unspecified atom stereocenters. The van der Waals surface area contributed by atoms with E-state index in [1.807, 2.05) is 0 Å². The Morgan fingerprint density at radius 1 is 0.943 bits per heavy atom. The highest BCUT2D eigenvalue weighted by atomic mass is 19.4. The second-order valence-electron chi connectivity index (χ2n) is 7.85. The summed E-state index contributed by atoms with van der Waals surface area (Å²) in [6, 6.07) is 17.3. The summed E-state index contributed by atoms with van der Waals surface area (Å²) in [6.07, 6.45) is -4.14. The van der Waals surface area contributed by atoms with Crippen LogP contribution in [0.5, 0.6) is 5.75 Å². The van der Waals surface area contributed by atoms with Gasteiger partial charge in [0.25, 0.3) is 5.91 Å². The molecule has 1 heterocycles. The van der Waals surface area contributed by atoms with Crippen LogP contribution in [0.15, 0.2) is 72.8 Å². The molecule has 1 aliphatic rings. The first kappa shape index (κ1) is 24.1. The van der Waals surface area contributed by atoms with Crippen molar-refractivity contribution < 1.29 is 31.9 Å². The number of carbonyl (C=O) groups excluding carboxylic acids is 2. The lowest BCUT2D eigenvalue weighted by atomic mass is 10.1. The van der Waals surface area contributed by atoms with Gasteiger partial charge in [-0.2, -0.15) is 0 Å². The zero-order valence-electron chi connectivity index (χ0n) is 18.4. The van der Waals surface area contributed by atoms with Gasteiger partial charge in [-0.15, -0.1) is 13.2 Å². The molecular weight excluding hydrogens is 466 g/mol. The number of alkyl halides is 3. The number of anilines is 2. The van der Waals surface area contributed by atoms with E-state index in [0.29, 0.717) is 36.4 Å². The van der Waals surface area contributed by atoms with Gasteiger partial charge >= 0.3 is 12.4 Å². The molecule has 1 fully saturated rings. The van der Waals surface area contributed by atoms with Crippen molar-refractivity contribution in [3.05, 3.63) is 89.7 Å². The smallest absolute Gasteiger partial charge is 0.406 e. The van der Waals surface area contributed by atoms with Crippen LogP contribution in [0.1, 0.15) is 22.3 Å². The van der Waals surface area contributed by atoms with Crippen molar-refractivity contribution in [1.29, 1.82) is 0 Å². The Hall–Kier alpha value is -4.08. The van der Waals surface area contributed by atoms with Crippen molar-refractivity contribution in [3.8, 4) is 5.75 Å². The van der Waals surface area contributed by atoms with E-state index in [-0.39, 0.29) is 23.9 Å². The number of halogens is 4. The third-order valence-corrected chi connectivity index (χ3v) is 5.40. The van der Waals surface area contributed by atoms with E-state index in [1.165, 1.54) is 47.4 Å². The summed E-state index contributed by atoms with van der Waals surface area (Å²) in [6.45, 7) is 1.05. The van der Waals surface area contributed by atoms with Gasteiger partial charge in [-0.1, -0.05) is 36.4 Å². The average Bonchev–Trinajstić information content (AvgIpc) is 2.81. The fourth-order valence-corrected chi connectivity index (χ4v) is 3.82. The zero-order valence-corrected chi connectivity index (χ0v) is 18.4. The molecule has 0 spiro atoms. The third kappa shape index (κ3) is 5.89. The highest BCUT2D eigenvalue weighted by Crippen LogP contribution is 2.30. The lowest BCUT2D eigenvalue weighted by molar-refractivity contribution is -0.274. The monoisotopic (exact) mass is 487 g/mol. The lowest BCUT2D eigenvalue weighted by Gasteiger charge is -2.36. The molecule has 0 aliphatic carbocycles. The Morgan fingerprint density at radius 3 is 2.34 bits per heavy atom. The maximum Gasteiger partial charge on any atom is 0.573 e. The van der Waals surface area contributed by atoms with Crippen molar-refractivity contribution in [1.82, 2.24) is 4.90 Å². The number of rotatable bonds is 6. The van der Waals surface area contributed by atoms with Gasteiger partial charge in [-0.25, -0.2) is 9.18 Å². The third-order valence-electron chi connectivity index (χ3n) is 5.40. The van der Waals surface area contributed by atoms with Gasteiger partial charge < -0.3 is 15.0 Å². The molecule has 3 aromatic carbocycles. The van der Waals surface area contributed by atoms with Gasteiger partial charge in [0.1, 0.15) is 11.6 Å². The molecule has 6 nitrogen and oxygen atoms in total. The molecule has 0 aromatic heterocycles. The summed E-state index contributed by atoms with van der Waals surface area (Å²) in [5.74, 6) is -1.64. The molecule has 182 valence electrons. The number of hydrogen-bond acceptors (Lipinski definition) is 3. The molecule has 1 saturated heterocycles. The van der Waals surface area contributed by atoms with Gasteiger partial charge in [-0.3, -0.25) is 9.69 Å². The lowest BCUT2D eigenvalue weighted by Crippen LogP contribution is -2.49. The minimum absolute atomic E-state index is 0.119. The second kappa shape index (κ2) is 10.0. The number of urea groups is 1. The van der Waals surface area contributed by atoms with Crippen LogP contribution in [0, 0.1) is 5.82 Å². The van der Waals surface area contributed by atoms with Crippen LogP contribution in [-0.4, -0.2) is 36.3 Å². The van der Waals surface area contributed by atoms with Crippen molar-refractivity contribution in [3.63, 3.8) is 0 Å². The summed E-state index contributed by atoms with van der Waals surface area (Å²) in [7, 11) is 0. The van der Waals surface area contributed by atoms with Crippen LogP contribution in [0.3, 0.4) is 0 Å². The highest BCUT2D eigenvalue weighted by Gasteiger charge is 2.31. The van der Waals surface area contributed by atoms with E-state index in [1.54, 1.807) is 35.2 Å². The number of para-hydroxylation sites is 2. The zero-order chi connectivity index (χ0) is 25.0. The minimum atomic E-state index is -4.78. The van der Waals surface area contributed by atoms with Gasteiger partial charge in [0.05, 0.1) is 16.9 Å². The van der Waals surface area contributed by atoms with Crippen LogP contribution in [0.2, 0.25) is 0 Å². The van der Waals surface area contributed by atoms with E-state index in [4.69, 9.17) is 0 Å². The second-order valence-corrected chi connectivity index (χ2v) is 7.85. The Kier molecular flexibility index (Phi) is 6.90. The fraction of sp³-hybridized carbons (Fsp3) is 0.200. The molecule has 0 atom stereocenters. The Morgan fingerprint density at radius 2 is 1.63 bits per heavy atom. The van der Waals surface area contributed by atoms with Crippen LogP contribution in [0.4, 0.5) is 33.7 Å². The molecule has 0 bridgehead atoms. The van der Waals surface area contributed by atoms with Crippen molar-refractivity contribution in [2.45, 2.75) is 19.3 Å². The van der Waals surface area contributed by atoms with Crippen LogP contribution >= 0.6 is 0 Å². The molecule has 4 rings (SSSR count). The van der Waals surface area contributed by atoms with E-state index in [0.717, 1.165) is 0 Å². The number of carbonyl (C=O) groups is 2. The van der Waals surface area contributed by atoms with Crippen molar-refractivity contribution >= 4 is 23.3 Å². The van der Waals surface area contributed by atoms with E-state index in [2.05, 4.69) is 10.1 Å². The van der Waals surface area contributed by atoms with Gasteiger partial charge in [0.15, 0.2) is 0 Å². The summed E-state index contributed by atoms with van der Waals surface area (Å²) < 4.78 is 55.0. The molecule has 35 heavy (non-hydrogen) atoms. The van der Waals surface area contributed by atoms with Gasteiger partial charge in [0.2, 0.25) is 0 Å². The quantitative estimate of drug-likeness (QED) is 0.447. The SMILES string of the molecule is O=C(Nc1ccccc1N1CCCN(Cc2ccc(OC(F)(F)F)cc2)C1=O)c1ccccc1F. The predicted octanol–water partition coefficient (Wildman–Crippen LogP) is 5.81. The Bertz CT molecular complexity index is 1220. The molecule has 0 radical (unpaired) electrons. The van der Waals surface area contributed by atoms with Crippen molar-refractivity contribution in [2.24, 2.45) is 0 Å². The Labute approximate surface area is 198 Å². The van der Waals surface area contributed by atoms with Crippen molar-refractivity contribution in [2.75, 3.05) is 23.3 Å². The standard InChI is InChI=1S/C25H21F4N3O3/c26-20-7-2-1-6-19(20)23(33)30-21-8-3-4-9-22(21)32-15-5-14-31(24(32)34)16-17-10-12-18(13-11-17)35-25(27,28)29/h1-4,6-13H,5,14-16H2,(H,30,33). The first-order valence-corrected chi connectivity index (χ1v) is 10.8. The maximum absolute atomic E-state index is 14.0. The molecule has 3 aromatic rings. The van der Waals surface area contributed by atoms with E-state index in [9.17, 15) is 27.2 Å². The first-order chi connectivity index (χ1) is 16.7. The summed E-state index contributed by atoms with van der Waals surface area (Å²) in [4.78, 5) is 29.0. The number of nitrogens with zero attached hydrogens (tertiary/aromatic N) is 2. The predicted molar refractivity (Wildman–Crippen MR) is 122 cm³/mol. The Balaban J connectivity index is 1.49. The highest BCUT2D eigenvalue weighted by molar-refractivity contribution is 6.07. The molecule has 10 heteroatoms. The number of benzene rings is 3. The largest absolute Gasteiger partial charge is 0.573 e. The van der Waals surface area contributed by atoms with E-state index < -0.39 is 18.1 Å². The first-order valence-electron chi connectivity index (χ1n) is 10.8. The maximum atomic E-state index is 14.0. The number of ether oxygens (including phenoxy) is 1. The average molecular weight is 487 g/mol. The van der Waals surface area contributed by atoms with Gasteiger partial charge in [-0.05, 0) is 48.4 Å². The fourth-order valence-electron chi connectivity index (χ4n) is 3.82. The van der Waals surface area contributed by atoms with Crippen LogP contribution in [0.25, 0.3) is 0 Å². The number of hydrogen-bond donors (Lipinski definition) is 1. The van der Waals surface area contributed by atoms with Gasteiger partial charge in [0, 0.05) is 19.6 Å². The molecule has 0 saturated carbocycles. The summed E-state index contributed by atoms with van der Waals surface area (Å²) >= 11 is 0. The topological polar surface area (TPSA) is 61.9 Å². The molecule has 3 amide bonds. The minimum Gasteiger partial charge on any atom is -0.406 e.